The van der Waals surface area contributed by atoms with E-state index in [2.05, 4.69) is 49.2 Å². The third kappa shape index (κ3) is 2.71. The van der Waals surface area contributed by atoms with Crippen LogP contribution in [0.2, 0.25) is 0 Å². The highest BCUT2D eigenvalue weighted by Gasteiger charge is 2.17. The molecular formula is C22H16N2O2S. The zero-order valence-corrected chi connectivity index (χ0v) is 15.6. The third-order valence-corrected chi connectivity index (χ3v) is 5.84. The lowest BCUT2D eigenvalue weighted by Gasteiger charge is -2.10. The zero-order valence-electron chi connectivity index (χ0n) is 14.8. The molecular weight excluding hydrogens is 356 g/mol. The quantitative estimate of drug-likeness (QED) is 0.513. The van der Waals surface area contributed by atoms with Gasteiger partial charge in [-0.05, 0) is 41.7 Å². The molecule has 2 aromatic heterocycles. The van der Waals surface area contributed by atoms with Crippen molar-refractivity contribution in [2.75, 3.05) is 0 Å². The Morgan fingerprint density at radius 2 is 1.70 bits per heavy atom. The lowest BCUT2D eigenvalue weighted by molar-refractivity contribution is 0.479. The summed E-state index contributed by atoms with van der Waals surface area (Å²) in [5.41, 5.74) is 5.70. The molecule has 0 fully saturated rings. The molecule has 4 rings (SSSR count). The number of hydrogen-bond acceptors (Lipinski definition) is 4. The van der Waals surface area contributed by atoms with Crippen LogP contribution in [0, 0.1) is 25.2 Å². The highest BCUT2D eigenvalue weighted by molar-refractivity contribution is 7.17. The molecule has 0 unspecified atom stereocenters. The molecule has 2 N–H and O–H groups in total. The van der Waals surface area contributed by atoms with E-state index in [4.69, 9.17) is 5.26 Å². The number of H-pyrrole nitrogens is 1. The molecule has 0 radical (unpaired) electrons. The SMILES string of the molecule is Cc1cccc(-c2ccc(-c3csc4[nH]c(=O)c(C#N)c(O)c34)cc2)c1C. The molecule has 132 valence electrons. The minimum Gasteiger partial charge on any atom is -0.506 e. The van der Waals surface area contributed by atoms with Gasteiger partial charge in [0.2, 0.25) is 0 Å². The molecule has 0 aliphatic carbocycles. The number of benzene rings is 2. The van der Waals surface area contributed by atoms with E-state index in [1.165, 1.54) is 28.0 Å². The van der Waals surface area contributed by atoms with Crippen molar-refractivity contribution in [3.05, 3.63) is 74.9 Å². The van der Waals surface area contributed by atoms with Gasteiger partial charge in [-0.25, -0.2) is 0 Å². The van der Waals surface area contributed by atoms with Crippen LogP contribution in [0.15, 0.2) is 52.6 Å². The van der Waals surface area contributed by atoms with Crippen molar-refractivity contribution in [3.63, 3.8) is 0 Å². The second-order valence-corrected chi connectivity index (χ2v) is 7.35. The van der Waals surface area contributed by atoms with Crippen molar-refractivity contribution in [3.8, 4) is 34.1 Å². The fourth-order valence-corrected chi connectivity index (χ4v) is 4.26. The highest BCUT2D eigenvalue weighted by atomic mass is 32.1. The van der Waals surface area contributed by atoms with E-state index >= 15 is 0 Å². The molecule has 5 heteroatoms. The van der Waals surface area contributed by atoms with Crippen LogP contribution >= 0.6 is 11.3 Å². The molecule has 0 amide bonds. The summed E-state index contributed by atoms with van der Waals surface area (Å²) < 4.78 is 0. The van der Waals surface area contributed by atoms with Crippen molar-refractivity contribution >= 4 is 21.6 Å². The van der Waals surface area contributed by atoms with E-state index < -0.39 is 5.56 Å². The fourth-order valence-electron chi connectivity index (χ4n) is 3.29. The summed E-state index contributed by atoms with van der Waals surface area (Å²) in [6.07, 6.45) is 0. The lowest BCUT2D eigenvalue weighted by atomic mass is 9.95. The smallest absolute Gasteiger partial charge is 0.270 e. The van der Waals surface area contributed by atoms with Crippen LogP contribution in [0.3, 0.4) is 0 Å². The molecule has 4 aromatic rings. The Kier molecular flexibility index (Phi) is 4.06. The summed E-state index contributed by atoms with van der Waals surface area (Å²) in [5.74, 6) is -0.258. The van der Waals surface area contributed by atoms with E-state index in [0.717, 1.165) is 16.7 Å². The van der Waals surface area contributed by atoms with Gasteiger partial charge >= 0.3 is 0 Å². The summed E-state index contributed by atoms with van der Waals surface area (Å²) in [5, 5.41) is 22.0. The second-order valence-electron chi connectivity index (χ2n) is 6.47. The van der Waals surface area contributed by atoms with Gasteiger partial charge in [-0.1, -0.05) is 42.5 Å². The summed E-state index contributed by atoms with van der Waals surface area (Å²) >= 11 is 1.34. The third-order valence-electron chi connectivity index (χ3n) is 4.94. The summed E-state index contributed by atoms with van der Waals surface area (Å²) in [6.45, 7) is 4.21. The van der Waals surface area contributed by atoms with Crippen LogP contribution in [-0.2, 0) is 0 Å². The number of nitrogens with zero attached hydrogens (tertiary/aromatic N) is 1. The van der Waals surface area contributed by atoms with E-state index in [1.807, 2.05) is 17.5 Å². The standard InChI is InChI=1S/C22H16N2O2S/c1-12-4-3-5-16(13(12)2)14-6-8-15(9-7-14)18-11-27-22-19(18)20(25)17(10-23)21(26)24-22/h3-9,11H,1-2H3,(H2,24,25,26). The molecule has 0 aliphatic heterocycles. The van der Waals surface area contributed by atoms with Gasteiger partial charge < -0.3 is 10.1 Å². The molecule has 0 aliphatic rings. The van der Waals surface area contributed by atoms with E-state index in [1.54, 1.807) is 6.07 Å². The number of aryl methyl sites for hydroxylation is 1. The molecule has 2 heterocycles. The number of aromatic amines is 1. The van der Waals surface area contributed by atoms with Crippen LogP contribution in [0.5, 0.6) is 5.75 Å². The summed E-state index contributed by atoms with van der Waals surface area (Å²) in [6, 6.07) is 16.1. The Balaban J connectivity index is 1.85. The number of nitrogens with one attached hydrogen (secondary N) is 1. The van der Waals surface area contributed by atoms with Gasteiger partial charge in [-0.15, -0.1) is 11.3 Å². The minimum atomic E-state index is -0.568. The van der Waals surface area contributed by atoms with Gasteiger partial charge in [0.15, 0.2) is 5.56 Å². The normalized spacial score (nSPS) is 10.9. The largest absolute Gasteiger partial charge is 0.506 e. The molecule has 2 aromatic carbocycles. The molecule has 0 atom stereocenters. The van der Waals surface area contributed by atoms with E-state index in [-0.39, 0.29) is 11.3 Å². The molecule has 0 saturated heterocycles. The number of thiophene rings is 1. The molecule has 0 spiro atoms. The first-order chi connectivity index (χ1) is 13.0. The van der Waals surface area contributed by atoms with Crippen molar-refractivity contribution in [1.82, 2.24) is 4.98 Å². The Labute approximate surface area is 160 Å². The zero-order chi connectivity index (χ0) is 19.1. The topological polar surface area (TPSA) is 76.9 Å². The maximum Gasteiger partial charge on any atom is 0.270 e. The average molecular weight is 372 g/mol. The number of aromatic hydroxyl groups is 1. The second kappa shape index (κ2) is 6.42. The summed E-state index contributed by atoms with van der Waals surface area (Å²) in [7, 11) is 0. The van der Waals surface area contributed by atoms with Gasteiger partial charge in [0.1, 0.15) is 16.6 Å². The van der Waals surface area contributed by atoms with Gasteiger partial charge in [-0.3, -0.25) is 4.79 Å². The Morgan fingerprint density at radius 3 is 2.37 bits per heavy atom. The first kappa shape index (κ1) is 17.1. The number of aromatic nitrogens is 1. The Hall–Kier alpha value is -3.36. The molecule has 4 nitrogen and oxygen atoms in total. The Morgan fingerprint density at radius 1 is 1.04 bits per heavy atom. The van der Waals surface area contributed by atoms with Crippen LogP contribution in [-0.4, -0.2) is 10.1 Å². The lowest BCUT2D eigenvalue weighted by Crippen LogP contribution is -2.09. The maximum atomic E-state index is 11.9. The predicted octanol–water partition coefficient (Wildman–Crippen LogP) is 5.12. The van der Waals surface area contributed by atoms with Crippen molar-refractivity contribution in [1.29, 1.82) is 5.26 Å². The monoisotopic (exact) mass is 372 g/mol. The molecule has 0 saturated carbocycles. The fraction of sp³-hybridized carbons (Fsp3) is 0.0909. The van der Waals surface area contributed by atoms with Gasteiger partial charge in [0.25, 0.3) is 5.56 Å². The maximum absolute atomic E-state index is 11.9. The minimum absolute atomic E-state index is 0.255. The number of fused-ring (bicyclic) bond motifs is 1. The highest BCUT2D eigenvalue weighted by Crippen LogP contribution is 2.39. The van der Waals surface area contributed by atoms with E-state index in [9.17, 15) is 9.90 Å². The van der Waals surface area contributed by atoms with Crippen LogP contribution in [0.1, 0.15) is 16.7 Å². The predicted molar refractivity (Wildman–Crippen MR) is 109 cm³/mol. The number of hydrogen-bond donors (Lipinski definition) is 2. The summed E-state index contributed by atoms with van der Waals surface area (Å²) in [4.78, 5) is 15.1. The first-order valence-corrected chi connectivity index (χ1v) is 9.32. The van der Waals surface area contributed by atoms with Crippen molar-refractivity contribution in [2.45, 2.75) is 13.8 Å². The van der Waals surface area contributed by atoms with Gasteiger partial charge in [-0.2, -0.15) is 5.26 Å². The molecule has 27 heavy (non-hydrogen) atoms. The average Bonchev–Trinajstić information content (AvgIpc) is 3.08. The Bertz CT molecular complexity index is 1270. The van der Waals surface area contributed by atoms with Crippen molar-refractivity contribution in [2.24, 2.45) is 0 Å². The van der Waals surface area contributed by atoms with Crippen LogP contribution < -0.4 is 5.56 Å². The van der Waals surface area contributed by atoms with Crippen LogP contribution in [0.25, 0.3) is 32.5 Å². The first-order valence-electron chi connectivity index (χ1n) is 8.45. The molecule has 0 bridgehead atoms. The van der Waals surface area contributed by atoms with Crippen molar-refractivity contribution < 1.29 is 5.11 Å². The van der Waals surface area contributed by atoms with Crippen LogP contribution in [0.4, 0.5) is 0 Å². The number of nitriles is 1. The van der Waals surface area contributed by atoms with E-state index in [0.29, 0.717) is 10.2 Å². The van der Waals surface area contributed by atoms with Gasteiger partial charge in [0.05, 0.1) is 5.39 Å². The number of pyridine rings is 1. The van der Waals surface area contributed by atoms with Gasteiger partial charge in [0, 0.05) is 10.9 Å². The number of rotatable bonds is 2.